The highest BCUT2D eigenvalue weighted by Gasteiger charge is 2.35. The number of nitrogens with one attached hydrogen (secondary N) is 1. The lowest BCUT2D eigenvalue weighted by Crippen LogP contribution is -2.41. The van der Waals surface area contributed by atoms with Gasteiger partial charge in [0.1, 0.15) is 5.82 Å². The van der Waals surface area contributed by atoms with Crippen LogP contribution in [-0.2, 0) is 4.79 Å². The lowest BCUT2D eigenvalue weighted by molar-refractivity contribution is -0.139. The highest BCUT2D eigenvalue weighted by molar-refractivity contribution is 5.79. The van der Waals surface area contributed by atoms with Gasteiger partial charge in [0.05, 0.1) is 6.04 Å². The van der Waals surface area contributed by atoms with Gasteiger partial charge in [0.25, 0.3) is 0 Å². The number of hydrogen-bond donors (Lipinski definition) is 1. The van der Waals surface area contributed by atoms with Crippen LogP contribution in [-0.4, -0.2) is 37.5 Å². The maximum absolute atomic E-state index is 12.9. The van der Waals surface area contributed by atoms with Gasteiger partial charge in [0, 0.05) is 30.4 Å². The Morgan fingerprint density at radius 1 is 1.08 bits per heavy atom. The number of amides is 1. The monoisotopic (exact) mass is 325 g/mol. The number of hydrogen-bond acceptors (Lipinski definition) is 4. The summed E-state index contributed by atoms with van der Waals surface area (Å²) in [5, 5.41) is 7.43. The molecule has 0 spiro atoms. The van der Waals surface area contributed by atoms with Crippen molar-refractivity contribution in [1.82, 2.24) is 25.1 Å². The van der Waals surface area contributed by atoms with Gasteiger partial charge in [-0.1, -0.05) is 12.8 Å². The summed E-state index contributed by atoms with van der Waals surface area (Å²) in [5.74, 6) is 2.02. The SMILES string of the molecule is O=C(C1CCCC1)N1CCCCC1c1nc(-c2ccncc2)n[nH]1. The first-order chi connectivity index (χ1) is 11.8. The predicted octanol–water partition coefficient (Wildman–Crippen LogP) is 3.11. The third kappa shape index (κ3) is 2.92. The summed E-state index contributed by atoms with van der Waals surface area (Å²) in [5.41, 5.74) is 0.942. The Kier molecular flexibility index (Phi) is 4.28. The fraction of sp³-hybridized carbons (Fsp3) is 0.556. The summed E-state index contributed by atoms with van der Waals surface area (Å²) in [6, 6.07) is 3.83. The molecule has 24 heavy (non-hydrogen) atoms. The van der Waals surface area contributed by atoms with E-state index in [-0.39, 0.29) is 12.0 Å². The van der Waals surface area contributed by atoms with E-state index >= 15 is 0 Å². The Morgan fingerprint density at radius 3 is 2.62 bits per heavy atom. The van der Waals surface area contributed by atoms with E-state index in [1.165, 1.54) is 12.8 Å². The average molecular weight is 325 g/mol. The third-order valence-corrected chi connectivity index (χ3v) is 5.25. The molecule has 0 bridgehead atoms. The van der Waals surface area contributed by atoms with E-state index in [4.69, 9.17) is 0 Å². The fourth-order valence-corrected chi connectivity index (χ4v) is 3.94. The molecule has 1 atom stereocenters. The van der Waals surface area contributed by atoms with E-state index in [0.717, 1.165) is 50.0 Å². The predicted molar refractivity (Wildman–Crippen MR) is 89.9 cm³/mol. The van der Waals surface area contributed by atoms with E-state index in [1.807, 2.05) is 12.1 Å². The number of rotatable bonds is 3. The molecule has 2 aromatic rings. The van der Waals surface area contributed by atoms with E-state index < -0.39 is 0 Å². The van der Waals surface area contributed by atoms with Gasteiger partial charge in [-0.15, -0.1) is 0 Å². The first kappa shape index (κ1) is 15.3. The Hall–Kier alpha value is -2.24. The lowest BCUT2D eigenvalue weighted by Gasteiger charge is -2.36. The zero-order valence-corrected chi connectivity index (χ0v) is 13.8. The molecule has 0 radical (unpaired) electrons. The van der Waals surface area contributed by atoms with Crippen molar-refractivity contribution in [1.29, 1.82) is 0 Å². The van der Waals surface area contributed by atoms with Gasteiger partial charge >= 0.3 is 0 Å². The van der Waals surface area contributed by atoms with E-state index in [9.17, 15) is 4.79 Å². The van der Waals surface area contributed by atoms with Crippen LogP contribution in [0.2, 0.25) is 0 Å². The highest BCUT2D eigenvalue weighted by atomic mass is 16.2. The minimum atomic E-state index is 0.0370. The summed E-state index contributed by atoms with van der Waals surface area (Å²) in [4.78, 5) is 23.7. The number of carbonyl (C=O) groups excluding carboxylic acids is 1. The van der Waals surface area contributed by atoms with Crippen LogP contribution in [0.5, 0.6) is 0 Å². The Bertz CT molecular complexity index is 692. The van der Waals surface area contributed by atoms with Gasteiger partial charge in [-0.25, -0.2) is 4.98 Å². The van der Waals surface area contributed by atoms with Gasteiger partial charge in [-0.2, -0.15) is 5.10 Å². The molecule has 126 valence electrons. The van der Waals surface area contributed by atoms with Gasteiger partial charge < -0.3 is 4.90 Å². The van der Waals surface area contributed by atoms with Crippen molar-refractivity contribution in [3.8, 4) is 11.4 Å². The second-order valence-corrected chi connectivity index (χ2v) is 6.80. The number of pyridine rings is 1. The number of H-pyrrole nitrogens is 1. The molecule has 1 aliphatic carbocycles. The van der Waals surface area contributed by atoms with Crippen molar-refractivity contribution in [3.63, 3.8) is 0 Å². The molecule has 1 N–H and O–H groups in total. The van der Waals surface area contributed by atoms with Gasteiger partial charge in [0.15, 0.2) is 5.82 Å². The maximum Gasteiger partial charge on any atom is 0.226 e. The van der Waals surface area contributed by atoms with Crippen molar-refractivity contribution < 1.29 is 4.79 Å². The molecule has 1 saturated carbocycles. The summed E-state index contributed by atoms with van der Waals surface area (Å²) in [7, 11) is 0. The molecule has 1 amide bonds. The largest absolute Gasteiger partial charge is 0.332 e. The second-order valence-electron chi connectivity index (χ2n) is 6.80. The van der Waals surface area contributed by atoms with Gasteiger partial charge in [-0.3, -0.25) is 14.9 Å². The summed E-state index contributed by atoms with van der Waals surface area (Å²) in [6.45, 7) is 0.839. The van der Waals surface area contributed by atoms with Crippen molar-refractivity contribution in [2.24, 2.45) is 5.92 Å². The Morgan fingerprint density at radius 2 is 1.83 bits per heavy atom. The maximum atomic E-state index is 12.9. The van der Waals surface area contributed by atoms with Crippen molar-refractivity contribution in [2.75, 3.05) is 6.54 Å². The lowest BCUT2D eigenvalue weighted by atomic mass is 9.98. The van der Waals surface area contributed by atoms with Crippen molar-refractivity contribution in [3.05, 3.63) is 30.4 Å². The van der Waals surface area contributed by atoms with Crippen molar-refractivity contribution >= 4 is 5.91 Å². The molecule has 1 aliphatic heterocycles. The Balaban J connectivity index is 1.57. The average Bonchev–Trinajstić information content (AvgIpc) is 3.34. The molecule has 6 nitrogen and oxygen atoms in total. The highest BCUT2D eigenvalue weighted by Crippen LogP contribution is 2.34. The number of aromatic nitrogens is 4. The molecule has 2 aliphatic rings. The van der Waals surface area contributed by atoms with Crippen LogP contribution in [0.4, 0.5) is 0 Å². The summed E-state index contributed by atoms with van der Waals surface area (Å²) < 4.78 is 0. The Labute approximate surface area is 141 Å². The summed E-state index contributed by atoms with van der Waals surface area (Å²) in [6.07, 6.45) is 11.1. The van der Waals surface area contributed by atoms with E-state index in [0.29, 0.717) is 11.7 Å². The minimum Gasteiger partial charge on any atom is -0.332 e. The van der Waals surface area contributed by atoms with Crippen LogP contribution in [0.3, 0.4) is 0 Å². The number of nitrogens with zero attached hydrogens (tertiary/aromatic N) is 4. The zero-order chi connectivity index (χ0) is 16.4. The third-order valence-electron chi connectivity index (χ3n) is 5.25. The van der Waals surface area contributed by atoms with Crippen LogP contribution in [0.25, 0.3) is 11.4 Å². The number of piperidine rings is 1. The van der Waals surface area contributed by atoms with E-state index in [1.54, 1.807) is 12.4 Å². The molecule has 2 fully saturated rings. The molecular formula is C18H23N5O. The number of likely N-dealkylation sites (tertiary alicyclic amines) is 1. The van der Waals surface area contributed by atoms with Crippen LogP contribution in [0.1, 0.15) is 56.8 Å². The van der Waals surface area contributed by atoms with Gasteiger partial charge in [-0.05, 0) is 44.2 Å². The second kappa shape index (κ2) is 6.71. The normalized spacial score (nSPS) is 22.0. The summed E-state index contributed by atoms with van der Waals surface area (Å²) >= 11 is 0. The topological polar surface area (TPSA) is 74.8 Å². The van der Waals surface area contributed by atoms with Gasteiger partial charge in [0.2, 0.25) is 5.91 Å². The van der Waals surface area contributed by atoms with E-state index in [2.05, 4.69) is 25.1 Å². The number of carbonyl (C=O) groups is 1. The molecule has 3 heterocycles. The minimum absolute atomic E-state index is 0.0370. The molecular weight excluding hydrogens is 302 g/mol. The van der Waals surface area contributed by atoms with Crippen LogP contribution < -0.4 is 0 Å². The smallest absolute Gasteiger partial charge is 0.226 e. The first-order valence-corrected chi connectivity index (χ1v) is 8.96. The fourth-order valence-electron chi connectivity index (χ4n) is 3.94. The van der Waals surface area contributed by atoms with Crippen molar-refractivity contribution in [2.45, 2.75) is 51.0 Å². The molecule has 1 saturated heterocycles. The molecule has 4 rings (SSSR count). The molecule has 0 aromatic carbocycles. The quantitative estimate of drug-likeness (QED) is 0.941. The molecule has 1 unspecified atom stereocenters. The standard InChI is InChI=1S/C18H23N5O/c24-18(14-5-1-2-6-14)23-12-4-3-7-15(23)17-20-16(21-22-17)13-8-10-19-11-9-13/h8-11,14-15H,1-7,12H2,(H,20,21,22). The zero-order valence-electron chi connectivity index (χ0n) is 13.8. The molecule has 2 aromatic heterocycles. The van der Waals surface area contributed by atoms with Crippen LogP contribution in [0.15, 0.2) is 24.5 Å². The van der Waals surface area contributed by atoms with Crippen LogP contribution >= 0.6 is 0 Å². The number of aromatic amines is 1. The first-order valence-electron chi connectivity index (χ1n) is 8.96. The van der Waals surface area contributed by atoms with Crippen LogP contribution in [0, 0.1) is 5.92 Å². The molecule has 6 heteroatoms.